The summed E-state index contributed by atoms with van der Waals surface area (Å²) in [6, 6.07) is 0. The Hall–Kier alpha value is -1.69. The van der Waals surface area contributed by atoms with Gasteiger partial charge in [0.25, 0.3) is 0 Å². The lowest BCUT2D eigenvalue weighted by Crippen LogP contribution is -2.16. The van der Waals surface area contributed by atoms with Crippen LogP contribution in [0.2, 0.25) is 0 Å². The summed E-state index contributed by atoms with van der Waals surface area (Å²) in [7, 11) is 0. The topological polar surface area (TPSA) is 98.1 Å². The molecule has 6 nitrogen and oxygen atoms in total. The van der Waals surface area contributed by atoms with Crippen LogP contribution in [0, 0.1) is 0 Å². The first kappa shape index (κ1) is 10.4. The number of nitrogens with zero attached hydrogens (tertiary/aromatic N) is 1. The van der Waals surface area contributed by atoms with Crippen molar-refractivity contribution in [2.24, 2.45) is 5.73 Å². The first-order valence-corrected chi connectivity index (χ1v) is 4.04. The third kappa shape index (κ3) is 2.67. The summed E-state index contributed by atoms with van der Waals surface area (Å²) in [5.41, 5.74) is 5.60. The molecule has 14 heavy (non-hydrogen) atoms. The molecular formula is C8H11N3O3. The van der Waals surface area contributed by atoms with Crippen molar-refractivity contribution in [1.29, 1.82) is 0 Å². The van der Waals surface area contributed by atoms with E-state index in [1.165, 1.54) is 13.1 Å². The summed E-state index contributed by atoms with van der Waals surface area (Å²) < 4.78 is 4.72. The molecule has 76 valence electrons. The zero-order valence-electron chi connectivity index (χ0n) is 7.74. The number of nitrogens with one attached hydrogen (secondary N) is 1. The molecule has 0 amide bonds. The summed E-state index contributed by atoms with van der Waals surface area (Å²) >= 11 is 0. The van der Waals surface area contributed by atoms with Gasteiger partial charge in [-0.1, -0.05) is 0 Å². The van der Waals surface area contributed by atoms with Crippen LogP contribution >= 0.6 is 0 Å². The Kier molecular flexibility index (Phi) is 3.35. The lowest BCUT2D eigenvalue weighted by atomic mass is 10.4. The highest BCUT2D eigenvalue weighted by atomic mass is 16.5. The molecular weight excluding hydrogens is 186 g/mol. The van der Waals surface area contributed by atoms with E-state index in [2.05, 4.69) is 9.97 Å². The fraction of sp³-hybridized carbons (Fsp3) is 0.375. The number of Topliss-reactive ketones (excluding diaryl/α,β-unsaturated/α-hetero) is 1. The van der Waals surface area contributed by atoms with Crippen molar-refractivity contribution >= 4 is 11.8 Å². The highest BCUT2D eigenvalue weighted by Crippen LogP contribution is 1.99. The van der Waals surface area contributed by atoms with Crippen molar-refractivity contribution in [3.8, 4) is 0 Å². The average molecular weight is 197 g/mol. The number of ether oxygens (including phenoxy) is 1. The number of carbonyl (C=O) groups excluding carboxylic acids is 2. The van der Waals surface area contributed by atoms with E-state index in [9.17, 15) is 9.59 Å². The van der Waals surface area contributed by atoms with E-state index in [-0.39, 0.29) is 24.8 Å². The predicted octanol–water partition coefficient (Wildman–Crippen LogP) is -0.386. The average Bonchev–Trinajstić information content (AvgIpc) is 2.62. The molecule has 1 rings (SSSR count). The number of hydrogen-bond donors (Lipinski definition) is 2. The molecule has 0 bridgehead atoms. The second-order valence-electron chi connectivity index (χ2n) is 2.68. The Labute approximate surface area is 80.5 Å². The lowest BCUT2D eigenvalue weighted by molar-refractivity contribution is -0.143. The maximum atomic E-state index is 10.8. The Balaban J connectivity index is 2.52. The number of imidazole rings is 1. The summed E-state index contributed by atoms with van der Waals surface area (Å²) in [6.45, 7) is 1.29. The molecule has 0 aliphatic heterocycles. The van der Waals surface area contributed by atoms with Gasteiger partial charge in [-0.3, -0.25) is 9.59 Å². The molecule has 6 heteroatoms. The van der Waals surface area contributed by atoms with E-state index in [4.69, 9.17) is 10.5 Å². The minimum Gasteiger partial charge on any atom is -0.458 e. The van der Waals surface area contributed by atoms with Gasteiger partial charge in [0.05, 0.1) is 18.4 Å². The molecule has 0 aliphatic carbocycles. The smallest absolute Gasteiger partial charge is 0.320 e. The minimum atomic E-state index is -0.496. The normalized spacial score (nSPS) is 9.86. The number of aromatic amines is 1. The third-order valence-corrected chi connectivity index (χ3v) is 1.52. The number of carbonyl (C=O) groups is 2. The highest BCUT2D eigenvalue weighted by molar-refractivity contribution is 5.90. The number of H-pyrrole nitrogens is 1. The molecule has 0 radical (unpaired) electrons. The molecule has 0 fully saturated rings. The number of esters is 1. The zero-order valence-corrected chi connectivity index (χ0v) is 7.74. The van der Waals surface area contributed by atoms with Crippen LogP contribution in [0.4, 0.5) is 0 Å². The fourth-order valence-electron chi connectivity index (χ4n) is 0.829. The fourth-order valence-corrected chi connectivity index (χ4v) is 0.829. The third-order valence-electron chi connectivity index (χ3n) is 1.52. The van der Waals surface area contributed by atoms with Gasteiger partial charge in [0, 0.05) is 6.92 Å². The molecule has 0 spiro atoms. The molecule has 0 aromatic carbocycles. The second kappa shape index (κ2) is 4.52. The summed E-state index contributed by atoms with van der Waals surface area (Å²) in [4.78, 5) is 28.0. The van der Waals surface area contributed by atoms with Gasteiger partial charge in [-0.15, -0.1) is 0 Å². The number of ketones is 1. The number of aromatic nitrogens is 2. The highest BCUT2D eigenvalue weighted by Gasteiger charge is 2.06. The van der Waals surface area contributed by atoms with Crippen LogP contribution < -0.4 is 5.73 Å². The number of hydrogen-bond acceptors (Lipinski definition) is 5. The standard InChI is InChI=1S/C8H11N3O3/c1-5(12)8-10-3-6(11-8)4-14-7(13)2-9/h3H,2,4,9H2,1H3,(H,10,11). The van der Waals surface area contributed by atoms with Gasteiger partial charge in [0.15, 0.2) is 11.6 Å². The molecule has 1 heterocycles. The maximum absolute atomic E-state index is 10.8. The van der Waals surface area contributed by atoms with Crippen molar-refractivity contribution in [3.05, 3.63) is 17.7 Å². The Bertz CT molecular complexity index is 345. The van der Waals surface area contributed by atoms with Crippen molar-refractivity contribution in [3.63, 3.8) is 0 Å². The SMILES string of the molecule is CC(=O)c1ncc(COC(=O)CN)[nH]1. The molecule has 0 saturated carbocycles. The van der Waals surface area contributed by atoms with Gasteiger partial charge < -0.3 is 15.5 Å². The van der Waals surface area contributed by atoms with E-state index in [0.717, 1.165) is 0 Å². The lowest BCUT2D eigenvalue weighted by Gasteiger charge is -1.99. The Morgan fingerprint density at radius 1 is 1.64 bits per heavy atom. The zero-order chi connectivity index (χ0) is 10.6. The summed E-state index contributed by atoms with van der Waals surface area (Å²) in [6.07, 6.45) is 1.44. The van der Waals surface area contributed by atoms with Crippen LogP contribution in [0.1, 0.15) is 23.2 Å². The van der Waals surface area contributed by atoms with E-state index in [1.54, 1.807) is 0 Å². The van der Waals surface area contributed by atoms with Gasteiger partial charge in [-0.05, 0) is 0 Å². The Morgan fingerprint density at radius 2 is 2.36 bits per heavy atom. The van der Waals surface area contributed by atoms with Crippen molar-refractivity contribution in [2.45, 2.75) is 13.5 Å². The van der Waals surface area contributed by atoms with Crippen molar-refractivity contribution in [1.82, 2.24) is 9.97 Å². The molecule has 0 aliphatic rings. The van der Waals surface area contributed by atoms with Crippen molar-refractivity contribution < 1.29 is 14.3 Å². The number of rotatable bonds is 4. The number of nitrogens with two attached hydrogens (primary N) is 1. The van der Waals surface area contributed by atoms with Crippen molar-refractivity contribution in [2.75, 3.05) is 6.54 Å². The van der Waals surface area contributed by atoms with Gasteiger partial charge >= 0.3 is 5.97 Å². The van der Waals surface area contributed by atoms with E-state index in [0.29, 0.717) is 5.69 Å². The first-order valence-electron chi connectivity index (χ1n) is 4.04. The quantitative estimate of drug-likeness (QED) is 0.506. The van der Waals surface area contributed by atoms with Gasteiger partial charge in [-0.25, -0.2) is 4.98 Å². The molecule has 0 atom stereocenters. The molecule has 0 unspecified atom stereocenters. The van der Waals surface area contributed by atoms with Crippen LogP contribution in [-0.4, -0.2) is 28.3 Å². The minimum absolute atomic E-state index is 0.0519. The van der Waals surface area contributed by atoms with Crippen LogP contribution in [-0.2, 0) is 16.1 Å². The molecule has 3 N–H and O–H groups in total. The van der Waals surface area contributed by atoms with Gasteiger partial charge in [0.2, 0.25) is 0 Å². The predicted molar refractivity (Wildman–Crippen MR) is 47.4 cm³/mol. The monoisotopic (exact) mass is 197 g/mol. The van der Waals surface area contributed by atoms with Crippen LogP contribution in [0.3, 0.4) is 0 Å². The maximum Gasteiger partial charge on any atom is 0.320 e. The summed E-state index contributed by atoms with van der Waals surface area (Å²) in [5.74, 6) is -0.408. The van der Waals surface area contributed by atoms with Crippen LogP contribution in [0.25, 0.3) is 0 Å². The van der Waals surface area contributed by atoms with Crippen LogP contribution in [0.5, 0.6) is 0 Å². The van der Waals surface area contributed by atoms with E-state index in [1.807, 2.05) is 0 Å². The molecule has 1 aromatic heterocycles. The second-order valence-corrected chi connectivity index (χ2v) is 2.68. The van der Waals surface area contributed by atoms with Gasteiger partial charge in [0.1, 0.15) is 6.61 Å². The van der Waals surface area contributed by atoms with E-state index < -0.39 is 5.97 Å². The largest absolute Gasteiger partial charge is 0.458 e. The Morgan fingerprint density at radius 3 is 2.86 bits per heavy atom. The molecule has 0 saturated heterocycles. The first-order chi connectivity index (χ1) is 6.63. The summed E-state index contributed by atoms with van der Waals surface area (Å²) in [5, 5.41) is 0. The van der Waals surface area contributed by atoms with Gasteiger partial charge in [-0.2, -0.15) is 0 Å². The van der Waals surface area contributed by atoms with E-state index >= 15 is 0 Å². The molecule has 1 aromatic rings. The van der Waals surface area contributed by atoms with Crippen LogP contribution in [0.15, 0.2) is 6.20 Å².